The molecule has 0 aliphatic rings. The normalized spacial score (nSPS) is 11.8. The SMILES string of the molecule is CCCCNC(=O)C(Cc1ccccc1)N(Cc1ccccc1Cl)C(=O)CN(c1ccc(OC)cc1)S(=O)(=O)c1ccc(C)cc1. The Labute approximate surface area is 277 Å². The van der Waals surface area contributed by atoms with Crippen molar-refractivity contribution in [1.82, 2.24) is 10.2 Å². The maximum Gasteiger partial charge on any atom is 0.264 e. The lowest BCUT2D eigenvalue weighted by atomic mass is 10.0. The molecule has 0 bridgehead atoms. The van der Waals surface area contributed by atoms with Crippen molar-refractivity contribution in [2.24, 2.45) is 0 Å². The van der Waals surface area contributed by atoms with Gasteiger partial charge in [-0.3, -0.25) is 13.9 Å². The number of halogens is 1. The number of unbranched alkanes of at least 4 members (excludes halogenated alkanes) is 1. The summed E-state index contributed by atoms with van der Waals surface area (Å²) in [5.74, 6) is -0.345. The molecule has 1 atom stereocenters. The molecule has 46 heavy (non-hydrogen) atoms. The van der Waals surface area contributed by atoms with Gasteiger partial charge in [0.15, 0.2) is 0 Å². The number of carbonyl (C=O) groups excluding carboxylic acids is 2. The number of nitrogens with zero attached hydrogens (tertiary/aromatic N) is 2. The van der Waals surface area contributed by atoms with Crippen LogP contribution in [0, 0.1) is 6.92 Å². The van der Waals surface area contributed by atoms with Crippen LogP contribution in [-0.4, -0.2) is 51.4 Å². The van der Waals surface area contributed by atoms with E-state index in [1.165, 1.54) is 24.1 Å². The van der Waals surface area contributed by atoms with E-state index in [1.54, 1.807) is 54.6 Å². The summed E-state index contributed by atoms with van der Waals surface area (Å²) in [6.45, 7) is 3.79. The zero-order chi connectivity index (χ0) is 33.1. The predicted octanol–water partition coefficient (Wildman–Crippen LogP) is 6.41. The number of amides is 2. The summed E-state index contributed by atoms with van der Waals surface area (Å²) >= 11 is 6.56. The summed E-state index contributed by atoms with van der Waals surface area (Å²) in [6, 6.07) is 28.5. The highest BCUT2D eigenvalue weighted by Crippen LogP contribution is 2.28. The van der Waals surface area contributed by atoms with Gasteiger partial charge in [0, 0.05) is 24.5 Å². The third-order valence-corrected chi connectivity index (χ3v) is 9.80. The Morgan fingerprint density at radius 3 is 2.17 bits per heavy atom. The molecule has 4 aromatic rings. The fourth-order valence-electron chi connectivity index (χ4n) is 4.98. The lowest BCUT2D eigenvalue weighted by Crippen LogP contribution is -2.53. The summed E-state index contributed by atoms with van der Waals surface area (Å²) in [7, 11) is -2.69. The predicted molar refractivity (Wildman–Crippen MR) is 183 cm³/mol. The average Bonchev–Trinajstić information content (AvgIpc) is 3.06. The summed E-state index contributed by atoms with van der Waals surface area (Å²) in [5, 5.41) is 3.42. The first-order valence-electron chi connectivity index (χ1n) is 15.2. The molecule has 0 aliphatic carbocycles. The van der Waals surface area contributed by atoms with E-state index in [4.69, 9.17) is 16.3 Å². The molecule has 242 valence electrons. The molecule has 4 aromatic carbocycles. The van der Waals surface area contributed by atoms with E-state index >= 15 is 0 Å². The molecule has 2 amide bonds. The van der Waals surface area contributed by atoms with Crippen LogP contribution in [0.1, 0.15) is 36.5 Å². The Hall–Kier alpha value is -4.34. The monoisotopic (exact) mass is 661 g/mol. The minimum Gasteiger partial charge on any atom is -0.497 e. The molecule has 0 heterocycles. The lowest BCUT2D eigenvalue weighted by molar-refractivity contribution is -0.140. The summed E-state index contributed by atoms with van der Waals surface area (Å²) < 4.78 is 34.7. The number of ether oxygens (including phenoxy) is 1. The summed E-state index contributed by atoms with van der Waals surface area (Å²) in [6.07, 6.45) is 1.89. The van der Waals surface area contributed by atoms with Crippen LogP contribution in [0.4, 0.5) is 5.69 Å². The van der Waals surface area contributed by atoms with Crippen LogP contribution in [-0.2, 0) is 32.6 Å². The Kier molecular flexibility index (Phi) is 12.2. The lowest BCUT2D eigenvalue weighted by Gasteiger charge is -2.34. The first kappa shape index (κ1) is 34.5. The van der Waals surface area contributed by atoms with Crippen LogP contribution in [0.25, 0.3) is 0 Å². The van der Waals surface area contributed by atoms with Gasteiger partial charge in [0.1, 0.15) is 18.3 Å². The largest absolute Gasteiger partial charge is 0.497 e. The van der Waals surface area contributed by atoms with E-state index in [0.29, 0.717) is 22.9 Å². The zero-order valence-corrected chi connectivity index (χ0v) is 27.9. The van der Waals surface area contributed by atoms with E-state index in [2.05, 4.69) is 5.32 Å². The van der Waals surface area contributed by atoms with Crippen LogP contribution in [0.2, 0.25) is 5.02 Å². The molecule has 0 saturated carbocycles. The Morgan fingerprint density at radius 2 is 1.54 bits per heavy atom. The van der Waals surface area contributed by atoms with Gasteiger partial charge >= 0.3 is 0 Å². The second-order valence-corrected chi connectivity index (χ2v) is 13.3. The van der Waals surface area contributed by atoms with E-state index in [9.17, 15) is 18.0 Å². The van der Waals surface area contributed by atoms with Crippen molar-refractivity contribution in [2.75, 3.05) is 24.5 Å². The third kappa shape index (κ3) is 8.89. The van der Waals surface area contributed by atoms with Crippen molar-refractivity contribution in [3.8, 4) is 5.75 Å². The van der Waals surface area contributed by atoms with Crippen LogP contribution in [0.3, 0.4) is 0 Å². The first-order valence-corrected chi connectivity index (χ1v) is 17.0. The average molecular weight is 662 g/mol. The van der Waals surface area contributed by atoms with E-state index in [-0.39, 0.29) is 29.5 Å². The number of hydrogen-bond acceptors (Lipinski definition) is 5. The maximum atomic E-state index is 14.5. The van der Waals surface area contributed by atoms with Gasteiger partial charge < -0.3 is 15.0 Å². The standard InChI is InChI=1S/C36H40ClN3O5S/c1-4-5-23-38-36(42)34(24-28-11-7-6-8-12-28)39(25-29-13-9-10-14-33(29)37)35(41)26-40(30-17-19-31(45-3)20-18-30)46(43,44)32-21-15-27(2)16-22-32/h6-22,34H,4-5,23-26H2,1-3H3,(H,38,42). The molecule has 0 radical (unpaired) electrons. The molecule has 4 rings (SSSR count). The topological polar surface area (TPSA) is 96.0 Å². The quantitative estimate of drug-likeness (QED) is 0.149. The maximum absolute atomic E-state index is 14.5. The number of nitrogens with one attached hydrogen (secondary N) is 1. The van der Waals surface area contributed by atoms with Gasteiger partial charge in [0.05, 0.1) is 17.7 Å². The number of aryl methyl sites for hydroxylation is 1. The zero-order valence-electron chi connectivity index (χ0n) is 26.4. The van der Waals surface area contributed by atoms with Gasteiger partial charge in [0.25, 0.3) is 10.0 Å². The highest BCUT2D eigenvalue weighted by molar-refractivity contribution is 7.92. The molecule has 1 N–H and O–H groups in total. The minimum atomic E-state index is -4.20. The van der Waals surface area contributed by atoms with E-state index < -0.39 is 28.5 Å². The van der Waals surface area contributed by atoms with Crippen molar-refractivity contribution < 1.29 is 22.7 Å². The molecule has 1 unspecified atom stereocenters. The van der Waals surface area contributed by atoms with Gasteiger partial charge in [-0.25, -0.2) is 8.42 Å². The van der Waals surface area contributed by atoms with Crippen LogP contribution >= 0.6 is 11.6 Å². The van der Waals surface area contributed by atoms with Gasteiger partial charge in [0.2, 0.25) is 11.8 Å². The number of sulfonamides is 1. The number of hydrogen-bond donors (Lipinski definition) is 1. The molecular weight excluding hydrogens is 622 g/mol. The van der Waals surface area contributed by atoms with E-state index in [1.807, 2.05) is 50.2 Å². The number of anilines is 1. The van der Waals surface area contributed by atoms with Crippen LogP contribution in [0.15, 0.2) is 108 Å². The Balaban J connectivity index is 1.80. The molecule has 0 spiro atoms. The molecule has 8 nitrogen and oxygen atoms in total. The molecule has 10 heteroatoms. The van der Waals surface area contributed by atoms with Crippen molar-refractivity contribution in [2.45, 2.75) is 50.6 Å². The van der Waals surface area contributed by atoms with Crippen molar-refractivity contribution in [3.63, 3.8) is 0 Å². The van der Waals surface area contributed by atoms with Gasteiger partial charge in [-0.15, -0.1) is 0 Å². The van der Waals surface area contributed by atoms with Crippen molar-refractivity contribution in [3.05, 3.63) is 125 Å². The second-order valence-electron chi connectivity index (χ2n) is 11.0. The molecule has 0 aromatic heterocycles. The molecule has 0 saturated heterocycles. The van der Waals surface area contributed by atoms with E-state index in [0.717, 1.165) is 28.3 Å². The van der Waals surface area contributed by atoms with Gasteiger partial charge in [-0.05, 0) is 66.9 Å². The highest BCUT2D eigenvalue weighted by atomic mass is 35.5. The Morgan fingerprint density at radius 1 is 0.891 bits per heavy atom. The third-order valence-electron chi connectivity index (χ3n) is 7.65. The minimum absolute atomic E-state index is 0.00175. The number of carbonyl (C=O) groups is 2. The fourth-order valence-corrected chi connectivity index (χ4v) is 6.59. The smallest absolute Gasteiger partial charge is 0.264 e. The van der Waals surface area contributed by atoms with Gasteiger partial charge in [-0.1, -0.05) is 91.2 Å². The first-order chi connectivity index (χ1) is 22.1. The summed E-state index contributed by atoms with van der Waals surface area (Å²) in [4.78, 5) is 29.9. The fraction of sp³-hybridized carbons (Fsp3) is 0.278. The molecular formula is C36H40ClN3O5S. The number of rotatable bonds is 15. The second kappa shape index (κ2) is 16.3. The Bertz CT molecular complexity index is 1700. The van der Waals surface area contributed by atoms with Crippen LogP contribution in [0.5, 0.6) is 5.75 Å². The molecule has 0 aliphatic heterocycles. The van der Waals surface area contributed by atoms with Crippen LogP contribution < -0.4 is 14.4 Å². The number of methoxy groups -OCH3 is 1. The molecule has 0 fully saturated rings. The van der Waals surface area contributed by atoms with Crippen molar-refractivity contribution >= 4 is 39.1 Å². The van der Waals surface area contributed by atoms with Crippen molar-refractivity contribution in [1.29, 1.82) is 0 Å². The summed E-state index contributed by atoms with van der Waals surface area (Å²) in [5.41, 5.74) is 2.66. The van der Waals surface area contributed by atoms with Gasteiger partial charge in [-0.2, -0.15) is 0 Å². The number of benzene rings is 4. The highest BCUT2D eigenvalue weighted by Gasteiger charge is 2.35.